The molecule has 2 N–H and O–H groups in total. The van der Waals surface area contributed by atoms with Gasteiger partial charge in [0.25, 0.3) is 0 Å². The van der Waals surface area contributed by atoms with Crippen molar-refractivity contribution in [2.45, 2.75) is 46.5 Å². The second kappa shape index (κ2) is 6.78. The third-order valence-electron chi connectivity index (χ3n) is 3.92. The molecule has 0 radical (unpaired) electrons. The molecule has 1 saturated heterocycles. The number of nitrogens with one attached hydrogen (secondary N) is 1. The molecule has 5 nitrogen and oxygen atoms in total. The Kier molecular flexibility index (Phi) is 5.63. The molecule has 1 aliphatic heterocycles. The van der Waals surface area contributed by atoms with Gasteiger partial charge in [-0.3, -0.25) is 4.79 Å². The first-order valence-corrected chi connectivity index (χ1v) is 7.07. The Balaban J connectivity index is 2.17. The highest BCUT2D eigenvalue weighted by molar-refractivity contribution is 5.74. The molecule has 0 saturated carbocycles. The van der Waals surface area contributed by atoms with Crippen molar-refractivity contribution in [3.63, 3.8) is 0 Å². The van der Waals surface area contributed by atoms with E-state index in [1.165, 1.54) is 0 Å². The van der Waals surface area contributed by atoms with E-state index >= 15 is 0 Å². The fourth-order valence-corrected chi connectivity index (χ4v) is 2.15. The topological polar surface area (TPSA) is 69.6 Å². The van der Waals surface area contributed by atoms with Gasteiger partial charge < -0.3 is 15.3 Å². The lowest BCUT2D eigenvalue weighted by atomic mass is 9.83. The molecule has 1 atom stereocenters. The number of carboxylic acids is 1. The van der Waals surface area contributed by atoms with Gasteiger partial charge in [0.05, 0.1) is 5.92 Å². The Morgan fingerprint density at radius 3 is 2.42 bits per heavy atom. The average Bonchev–Trinajstić information content (AvgIpc) is 2.33. The van der Waals surface area contributed by atoms with E-state index in [0.29, 0.717) is 24.8 Å². The van der Waals surface area contributed by atoms with E-state index in [1.807, 2.05) is 4.90 Å². The Bertz CT molecular complexity index is 319. The number of aliphatic carboxylic acids is 1. The van der Waals surface area contributed by atoms with Gasteiger partial charge in [0.1, 0.15) is 0 Å². The molecule has 5 heteroatoms. The molecule has 2 amide bonds. The van der Waals surface area contributed by atoms with Crippen molar-refractivity contribution in [2.24, 2.45) is 11.3 Å². The highest BCUT2D eigenvalue weighted by Gasteiger charge is 2.27. The predicted molar refractivity (Wildman–Crippen MR) is 74.0 cm³/mol. The van der Waals surface area contributed by atoms with Crippen LogP contribution in [0.25, 0.3) is 0 Å². The van der Waals surface area contributed by atoms with Gasteiger partial charge in [-0.2, -0.15) is 0 Å². The number of piperidine rings is 1. The van der Waals surface area contributed by atoms with Crippen LogP contribution in [0.15, 0.2) is 0 Å². The summed E-state index contributed by atoms with van der Waals surface area (Å²) in [4.78, 5) is 24.4. The lowest BCUT2D eigenvalue weighted by Crippen LogP contribution is -2.46. The monoisotopic (exact) mass is 270 g/mol. The number of carbonyl (C=O) groups is 2. The zero-order valence-electron chi connectivity index (χ0n) is 12.2. The summed E-state index contributed by atoms with van der Waals surface area (Å²) in [7, 11) is 0. The number of urea groups is 1. The molecule has 19 heavy (non-hydrogen) atoms. The van der Waals surface area contributed by atoms with Crippen LogP contribution in [-0.4, -0.2) is 41.6 Å². The van der Waals surface area contributed by atoms with E-state index in [0.717, 1.165) is 25.9 Å². The lowest BCUT2D eigenvalue weighted by Gasteiger charge is -2.36. The van der Waals surface area contributed by atoms with E-state index in [9.17, 15) is 9.59 Å². The van der Waals surface area contributed by atoms with Crippen molar-refractivity contribution >= 4 is 12.0 Å². The predicted octanol–water partition coefficient (Wildman–Crippen LogP) is 2.32. The standard InChI is InChI=1S/C14H26N2O3/c1-11(12(17)18)5-4-8-15-13(19)16-9-6-14(2,3)7-10-16/h11H,4-10H2,1-3H3,(H,15,19)(H,17,18). The van der Waals surface area contributed by atoms with Crippen molar-refractivity contribution in [3.8, 4) is 0 Å². The van der Waals surface area contributed by atoms with E-state index in [2.05, 4.69) is 19.2 Å². The Labute approximate surface area is 115 Å². The molecule has 1 aliphatic rings. The van der Waals surface area contributed by atoms with Crippen LogP contribution in [0.5, 0.6) is 0 Å². The Morgan fingerprint density at radius 1 is 1.32 bits per heavy atom. The van der Waals surface area contributed by atoms with E-state index in [-0.39, 0.29) is 11.9 Å². The quantitative estimate of drug-likeness (QED) is 0.753. The van der Waals surface area contributed by atoms with Crippen LogP contribution in [0.2, 0.25) is 0 Å². The summed E-state index contributed by atoms with van der Waals surface area (Å²) in [5, 5.41) is 11.6. The molecule has 1 heterocycles. The van der Waals surface area contributed by atoms with Gasteiger partial charge in [-0.15, -0.1) is 0 Å². The SMILES string of the molecule is CC(CCCNC(=O)N1CCC(C)(C)CC1)C(=O)O. The maximum atomic E-state index is 11.9. The first kappa shape index (κ1) is 15.8. The molecular weight excluding hydrogens is 244 g/mol. The molecule has 0 aromatic heterocycles. The minimum Gasteiger partial charge on any atom is -0.481 e. The number of carbonyl (C=O) groups excluding carboxylic acids is 1. The average molecular weight is 270 g/mol. The van der Waals surface area contributed by atoms with Gasteiger partial charge in [0.2, 0.25) is 0 Å². The van der Waals surface area contributed by atoms with Crippen molar-refractivity contribution in [1.82, 2.24) is 10.2 Å². The lowest BCUT2D eigenvalue weighted by molar-refractivity contribution is -0.141. The first-order valence-electron chi connectivity index (χ1n) is 7.07. The van der Waals surface area contributed by atoms with Crippen LogP contribution in [0.4, 0.5) is 4.79 Å². The largest absolute Gasteiger partial charge is 0.481 e. The Morgan fingerprint density at radius 2 is 1.89 bits per heavy atom. The smallest absolute Gasteiger partial charge is 0.317 e. The molecular formula is C14H26N2O3. The summed E-state index contributed by atoms with van der Waals surface area (Å²) >= 11 is 0. The van der Waals surface area contributed by atoms with Gasteiger partial charge >= 0.3 is 12.0 Å². The van der Waals surface area contributed by atoms with Crippen molar-refractivity contribution in [1.29, 1.82) is 0 Å². The number of amides is 2. The molecule has 1 fully saturated rings. The highest BCUT2D eigenvalue weighted by atomic mass is 16.4. The van der Waals surface area contributed by atoms with Gasteiger partial charge in [0, 0.05) is 19.6 Å². The second-order valence-electron chi connectivity index (χ2n) is 6.26. The zero-order chi connectivity index (χ0) is 14.5. The van der Waals surface area contributed by atoms with Crippen LogP contribution < -0.4 is 5.32 Å². The van der Waals surface area contributed by atoms with Crippen LogP contribution >= 0.6 is 0 Å². The van der Waals surface area contributed by atoms with E-state index < -0.39 is 5.97 Å². The number of likely N-dealkylation sites (tertiary alicyclic amines) is 1. The summed E-state index contributed by atoms with van der Waals surface area (Å²) in [5.41, 5.74) is 0.341. The maximum absolute atomic E-state index is 11.9. The number of hydrogen-bond acceptors (Lipinski definition) is 2. The number of carboxylic acid groups (broad SMARTS) is 1. The zero-order valence-corrected chi connectivity index (χ0v) is 12.2. The summed E-state index contributed by atoms with van der Waals surface area (Å²) in [6, 6.07) is -0.0153. The van der Waals surface area contributed by atoms with Crippen molar-refractivity contribution in [2.75, 3.05) is 19.6 Å². The second-order valence-corrected chi connectivity index (χ2v) is 6.26. The van der Waals surface area contributed by atoms with Gasteiger partial charge in [0.15, 0.2) is 0 Å². The third-order valence-corrected chi connectivity index (χ3v) is 3.92. The molecule has 110 valence electrons. The van der Waals surface area contributed by atoms with Crippen molar-refractivity contribution < 1.29 is 14.7 Å². The maximum Gasteiger partial charge on any atom is 0.317 e. The summed E-state index contributed by atoms with van der Waals surface area (Å²) in [6.45, 7) is 8.33. The van der Waals surface area contributed by atoms with Crippen LogP contribution in [-0.2, 0) is 4.79 Å². The minimum absolute atomic E-state index is 0.0153. The molecule has 0 aromatic carbocycles. The summed E-state index contributed by atoms with van der Waals surface area (Å²) < 4.78 is 0. The van der Waals surface area contributed by atoms with Crippen molar-refractivity contribution in [3.05, 3.63) is 0 Å². The van der Waals surface area contributed by atoms with E-state index in [4.69, 9.17) is 5.11 Å². The normalized spacial score (nSPS) is 19.8. The third kappa shape index (κ3) is 5.49. The van der Waals surface area contributed by atoms with Crippen LogP contribution in [0, 0.1) is 11.3 Å². The van der Waals surface area contributed by atoms with Crippen LogP contribution in [0.3, 0.4) is 0 Å². The van der Waals surface area contributed by atoms with E-state index in [1.54, 1.807) is 6.92 Å². The Hall–Kier alpha value is -1.26. The highest BCUT2D eigenvalue weighted by Crippen LogP contribution is 2.29. The summed E-state index contributed by atoms with van der Waals surface area (Å²) in [6.07, 6.45) is 3.38. The summed E-state index contributed by atoms with van der Waals surface area (Å²) in [5.74, 6) is -1.11. The molecule has 0 bridgehead atoms. The molecule has 0 spiro atoms. The number of nitrogens with zero attached hydrogens (tertiary/aromatic N) is 1. The minimum atomic E-state index is -0.774. The van der Waals surface area contributed by atoms with Gasteiger partial charge in [-0.25, -0.2) is 4.79 Å². The van der Waals surface area contributed by atoms with Gasteiger partial charge in [-0.1, -0.05) is 20.8 Å². The molecule has 0 aliphatic carbocycles. The molecule has 0 aromatic rings. The van der Waals surface area contributed by atoms with Gasteiger partial charge in [-0.05, 0) is 31.1 Å². The fraction of sp³-hybridized carbons (Fsp3) is 0.857. The number of hydrogen-bond donors (Lipinski definition) is 2. The fourth-order valence-electron chi connectivity index (χ4n) is 2.15. The number of rotatable bonds is 5. The first-order chi connectivity index (χ1) is 8.82. The molecule has 1 unspecified atom stereocenters. The molecule has 1 rings (SSSR count). The van der Waals surface area contributed by atoms with Crippen LogP contribution in [0.1, 0.15) is 46.5 Å².